The molecule has 0 unspecified atom stereocenters. The van der Waals surface area contributed by atoms with Gasteiger partial charge in [-0.2, -0.15) is 5.10 Å². The number of hydrogen-bond donors (Lipinski definition) is 1. The summed E-state index contributed by atoms with van der Waals surface area (Å²) in [4.78, 5) is 7.19. The minimum atomic E-state index is 0.469. The molecule has 2 aromatic rings. The molecule has 1 saturated heterocycles. The number of aromatic nitrogens is 3. The summed E-state index contributed by atoms with van der Waals surface area (Å²) in [5, 5.41) is 8.01. The van der Waals surface area contributed by atoms with Crippen LogP contribution in [0.15, 0.2) is 30.6 Å². The van der Waals surface area contributed by atoms with Gasteiger partial charge >= 0.3 is 0 Å². The van der Waals surface area contributed by atoms with E-state index in [1.54, 1.807) is 0 Å². The Hall–Kier alpha value is -1.88. The van der Waals surface area contributed by atoms with Crippen molar-refractivity contribution in [3.05, 3.63) is 41.9 Å². The van der Waals surface area contributed by atoms with Crippen molar-refractivity contribution in [1.29, 1.82) is 0 Å². The van der Waals surface area contributed by atoms with Gasteiger partial charge in [-0.1, -0.05) is 0 Å². The molecule has 3 heterocycles. The molecule has 0 spiro atoms. The van der Waals surface area contributed by atoms with Crippen molar-refractivity contribution in [2.24, 2.45) is 13.0 Å². The Bertz CT molecular complexity index is 691. The van der Waals surface area contributed by atoms with Crippen LogP contribution in [0.5, 0.6) is 0 Å². The van der Waals surface area contributed by atoms with Crippen LogP contribution < -0.4 is 5.32 Å². The molecular formula is C19H27N5. The Morgan fingerprint density at radius 1 is 1.21 bits per heavy atom. The largest absolute Gasteiger partial charge is 0.370 e. The molecule has 0 aromatic carbocycles. The quantitative estimate of drug-likeness (QED) is 0.917. The number of likely N-dealkylation sites (tertiary alicyclic amines) is 1. The van der Waals surface area contributed by atoms with E-state index in [0.29, 0.717) is 12.0 Å². The molecule has 2 fully saturated rings. The molecule has 5 nitrogen and oxygen atoms in total. The average molecular weight is 325 g/mol. The zero-order valence-corrected chi connectivity index (χ0v) is 14.7. The second kappa shape index (κ2) is 6.55. The maximum Gasteiger partial charge on any atom is 0.126 e. The van der Waals surface area contributed by atoms with Gasteiger partial charge in [-0.25, -0.2) is 4.98 Å². The van der Waals surface area contributed by atoms with Crippen LogP contribution in [0.3, 0.4) is 0 Å². The van der Waals surface area contributed by atoms with E-state index in [1.807, 2.05) is 18.5 Å². The molecule has 2 atom stereocenters. The predicted octanol–water partition coefficient (Wildman–Crippen LogP) is 3.15. The van der Waals surface area contributed by atoms with Crippen LogP contribution in [0.25, 0.3) is 0 Å². The molecule has 4 rings (SSSR count). The van der Waals surface area contributed by atoms with Crippen molar-refractivity contribution < 1.29 is 0 Å². The van der Waals surface area contributed by atoms with E-state index in [9.17, 15) is 0 Å². The lowest BCUT2D eigenvalue weighted by atomic mass is 9.86. The third-order valence-electron chi connectivity index (χ3n) is 5.43. The minimum Gasteiger partial charge on any atom is -0.370 e. The Morgan fingerprint density at radius 2 is 2.08 bits per heavy atom. The Balaban J connectivity index is 1.54. The summed E-state index contributed by atoms with van der Waals surface area (Å²) in [5.74, 6) is 1.58. The van der Waals surface area contributed by atoms with E-state index in [-0.39, 0.29) is 0 Å². The molecule has 5 heteroatoms. The molecule has 24 heavy (non-hydrogen) atoms. The summed E-state index contributed by atoms with van der Waals surface area (Å²) in [7, 11) is 2.07. The van der Waals surface area contributed by atoms with Gasteiger partial charge in [0.25, 0.3) is 0 Å². The van der Waals surface area contributed by atoms with Crippen molar-refractivity contribution >= 4 is 5.82 Å². The van der Waals surface area contributed by atoms with Crippen LogP contribution in [-0.2, 0) is 7.05 Å². The van der Waals surface area contributed by atoms with E-state index < -0.39 is 0 Å². The molecule has 0 radical (unpaired) electrons. The number of aryl methyl sites for hydroxylation is 2. The van der Waals surface area contributed by atoms with Crippen molar-refractivity contribution in [3.8, 4) is 0 Å². The van der Waals surface area contributed by atoms with Gasteiger partial charge in [-0.05, 0) is 68.8 Å². The number of piperidine rings is 1. The number of nitrogens with one attached hydrogen (secondary N) is 1. The first-order chi connectivity index (χ1) is 11.7. The fourth-order valence-corrected chi connectivity index (χ4v) is 4.09. The minimum absolute atomic E-state index is 0.469. The topological polar surface area (TPSA) is 46.0 Å². The smallest absolute Gasteiger partial charge is 0.126 e. The number of pyridine rings is 1. The zero-order valence-electron chi connectivity index (χ0n) is 14.7. The summed E-state index contributed by atoms with van der Waals surface area (Å²) in [6, 6.07) is 7.61. The Kier molecular flexibility index (Phi) is 4.27. The van der Waals surface area contributed by atoms with Gasteiger partial charge in [-0.15, -0.1) is 0 Å². The highest BCUT2D eigenvalue weighted by molar-refractivity contribution is 5.37. The monoisotopic (exact) mass is 325 g/mol. The predicted molar refractivity (Wildman–Crippen MR) is 95.9 cm³/mol. The van der Waals surface area contributed by atoms with Crippen LogP contribution >= 0.6 is 0 Å². The summed E-state index contributed by atoms with van der Waals surface area (Å²) < 4.78 is 2.06. The number of rotatable bonds is 5. The molecule has 1 saturated carbocycles. The van der Waals surface area contributed by atoms with E-state index in [2.05, 4.69) is 51.1 Å². The molecule has 2 aromatic heterocycles. The molecule has 0 bridgehead atoms. The maximum absolute atomic E-state index is 4.45. The summed E-state index contributed by atoms with van der Waals surface area (Å²) >= 11 is 0. The SMILES string of the molecule is Cc1ccnc(NC[C@@H]2CCCN(C3CC3)[C@H]2c2ccnn2C)c1. The van der Waals surface area contributed by atoms with Crippen molar-refractivity contribution in [3.63, 3.8) is 0 Å². The molecule has 0 amide bonds. The molecule has 1 aliphatic heterocycles. The molecule has 2 aliphatic rings. The third kappa shape index (κ3) is 3.18. The number of nitrogens with zero attached hydrogens (tertiary/aromatic N) is 4. The van der Waals surface area contributed by atoms with E-state index >= 15 is 0 Å². The second-order valence-electron chi connectivity index (χ2n) is 7.30. The second-order valence-corrected chi connectivity index (χ2v) is 7.30. The van der Waals surface area contributed by atoms with E-state index in [1.165, 1.54) is 43.5 Å². The van der Waals surface area contributed by atoms with Gasteiger partial charge in [-0.3, -0.25) is 9.58 Å². The highest BCUT2D eigenvalue weighted by Gasteiger charge is 2.41. The zero-order chi connectivity index (χ0) is 16.5. The van der Waals surface area contributed by atoms with Crippen LogP contribution in [0.2, 0.25) is 0 Å². The van der Waals surface area contributed by atoms with Crippen LogP contribution in [0, 0.1) is 12.8 Å². The number of hydrogen-bond acceptors (Lipinski definition) is 4. The van der Waals surface area contributed by atoms with Crippen molar-refractivity contribution in [2.75, 3.05) is 18.4 Å². The van der Waals surface area contributed by atoms with E-state index in [4.69, 9.17) is 0 Å². The lowest BCUT2D eigenvalue weighted by Gasteiger charge is -2.41. The highest BCUT2D eigenvalue weighted by atomic mass is 15.3. The first-order valence-corrected chi connectivity index (χ1v) is 9.12. The lowest BCUT2D eigenvalue weighted by molar-refractivity contribution is 0.0841. The first-order valence-electron chi connectivity index (χ1n) is 9.12. The molecule has 1 aliphatic carbocycles. The van der Waals surface area contributed by atoms with Gasteiger partial charge in [0.05, 0.1) is 11.7 Å². The fourth-order valence-electron chi connectivity index (χ4n) is 4.09. The van der Waals surface area contributed by atoms with Gasteiger partial charge in [0, 0.05) is 32.0 Å². The molecule has 1 N–H and O–H groups in total. The van der Waals surface area contributed by atoms with Crippen molar-refractivity contribution in [1.82, 2.24) is 19.7 Å². The summed E-state index contributed by atoms with van der Waals surface area (Å²) in [6.45, 7) is 4.30. The first kappa shape index (κ1) is 15.6. The maximum atomic E-state index is 4.45. The summed E-state index contributed by atoms with van der Waals surface area (Å²) in [6.07, 6.45) is 9.08. The summed E-state index contributed by atoms with van der Waals surface area (Å²) in [5.41, 5.74) is 2.60. The normalized spacial score (nSPS) is 24.9. The third-order valence-corrected chi connectivity index (χ3v) is 5.43. The highest BCUT2D eigenvalue weighted by Crippen LogP contribution is 2.42. The molecule has 128 valence electrons. The van der Waals surface area contributed by atoms with Crippen LogP contribution in [0.1, 0.15) is 43.0 Å². The lowest BCUT2D eigenvalue weighted by Crippen LogP contribution is -2.43. The van der Waals surface area contributed by atoms with Gasteiger partial charge in [0.1, 0.15) is 5.82 Å². The van der Waals surface area contributed by atoms with Gasteiger partial charge in [0.2, 0.25) is 0 Å². The molecular weight excluding hydrogens is 298 g/mol. The van der Waals surface area contributed by atoms with E-state index in [0.717, 1.165) is 18.4 Å². The average Bonchev–Trinajstić information content (AvgIpc) is 3.34. The van der Waals surface area contributed by atoms with Crippen molar-refractivity contribution in [2.45, 2.75) is 44.7 Å². The number of anilines is 1. The van der Waals surface area contributed by atoms with Crippen LogP contribution in [-0.4, -0.2) is 38.8 Å². The standard InChI is InChI=1S/C19H27N5/c1-14-7-9-20-18(12-14)21-13-15-4-3-11-24(16-5-6-16)19(15)17-8-10-22-23(17)2/h7-10,12,15-16,19H,3-6,11,13H2,1-2H3,(H,20,21)/t15-,19+/m0/s1. The Labute approximate surface area is 144 Å². The van der Waals surface area contributed by atoms with Gasteiger partial charge < -0.3 is 5.32 Å². The van der Waals surface area contributed by atoms with Gasteiger partial charge in [0.15, 0.2) is 0 Å². The van der Waals surface area contributed by atoms with Crippen LogP contribution in [0.4, 0.5) is 5.82 Å². The Morgan fingerprint density at radius 3 is 2.79 bits per heavy atom. The fraction of sp³-hybridized carbons (Fsp3) is 0.579.